The van der Waals surface area contributed by atoms with Crippen LogP contribution in [0.15, 0.2) is 24.8 Å². The molecule has 0 saturated carbocycles. The highest BCUT2D eigenvalue weighted by Gasteiger charge is 2.08. The van der Waals surface area contributed by atoms with Crippen molar-refractivity contribution in [3.63, 3.8) is 0 Å². The van der Waals surface area contributed by atoms with Gasteiger partial charge >= 0.3 is 0 Å². The van der Waals surface area contributed by atoms with Gasteiger partial charge in [-0.25, -0.2) is 0 Å². The monoisotopic (exact) mass is 183 g/mol. The molecule has 0 fully saturated rings. The molecule has 0 aliphatic heterocycles. The fraction of sp³-hybridized carbons (Fsp3) is 0.600. The Bertz CT molecular complexity index is 187. The van der Waals surface area contributed by atoms with E-state index in [2.05, 4.69) is 6.58 Å². The van der Waals surface area contributed by atoms with Crippen LogP contribution in [0.2, 0.25) is 0 Å². The standard InChI is InChI=1S/C10H17NO2/c1-3-4-5-6-7-8-9-10(2)11(12)13/h3,7-8,10H,1,4-6,9H2,2H3/b8-7+. The third-order valence-electron chi connectivity index (χ3n) is 1.78. The molecule has 0 saturated heterocycles. The highest BCUT2D eigenvalue weighted by Crippen LogP contribution is 2.01. The summed E-state index contributed by atoms with van der Waals surface area (Å²) in [7, 11) is 0. The van der Waals surface area contributed by atoms with Crippen LogP contribution in [0.25, 0.3) is 0 Å². The third-order valence-corrected chi connectivity index (χ3v) is 1.78. The maximum Gasteiger partial charge on any atom is 0.213 e. The van der Waals surface area contributed by atoms with Gasteiger partial charge in [0.1, 0.15) is 0 Å². The van der Waals surface area contributed by atoms with Gasteiger partial charge in [0.25, 0.3) is 0 Å². The minimum atomic E-state index is -0.462. The van der Waals surface area contributed by atoms with E-state index < -0.39 is 6.04 Å². The van der Waals surface area contributed by atoms with Crippen molar-refractivity contribution in [2.75, 3.05) is 0 Å². The third kappa shape index (κ3) is 7.25. The largest absolute Gasteiger partial charge is 0.264 e. The molecular weight excluding hydrogens is 166 g/mol. The summed E-state index contributed by atoms with van der Waals surface area (Å²) in [5.74, 6) is 0. The van der Waals surface area contributed by atoms with Gasteiger partial charge < -0.3 is 0 Å². The van der Waals surface area contributed by atoms with Crippen LogP contribution < -0.4 is 0 Å². The summed E-state index contributed by atoms with van der Waals surface area (Å²) < 4.78 is 0. The fourth-order valence-electron chi connectivity index (χ4n) is 0.877. The van der Waals surface area contributed by atoms with Crippen LogP contribution >= 0.6 is 0 Å². The van der Waals surface area contributed by atoms with Crippen LogP contribution in [0, 0.1) is 10.1 Å². The maximum atomic E-state index is 10.2. The minimum Gasteiger partial charge on any atom is -0.264 e. The first-order valence-corrected chi connectivity index (χ1v) is 4.58. The van der Waals surface area contributed by atoms with Crippen LogP contribution in [0.5, 0.6) is 0 Å². The topological polar surface area (TPSA) is 43.1 Å². The molecule has 3 nitrogen and oxygen atoms in total. The SMILES string of the molecule is C=CCCC/C=C/CC(C)[N+](=O)[O-]. The van der Waals surface area contributed by atoms with Gasteiger partial charge in [-0.05, 0) is 19.3 Å². The lowest BCUT2D eigenvalue weighted by molar-refractivity contribution is -0.517. The second-order valence-corrected chi connectivity index (χ2v) is 3.06. The summed E-state index contributed by atoms with van der Waals surface area (Å²) in [6.07, 6.45) is 9.37. The van der Waals surface area contributed by atoms with E-state index in [0.29, 0.717) is 6.42 Å². The molecule has 0 aromatic carbocycles. The lowest BCUT2D eigenvalue weighted by Crippen LogP contribution is -2.13. The molecule has 3 heteroatoms. The van der Waals surface area contributed by atoms with Crippen LogP contribution in [-0.4, -0.2) is 11.0 Å². The van der Waals surface area contributed by atoms with E-state index >= 15 is 0 Å². The van der Waals surface area contributed by atoms with Gasteiger partial charge in [-0.2, -0.15) is 0 Å². The van der Waals surface area contributed by atoms with Crippen molar-refractivity contribution in [1.82, 2.24) is 0 Å². The van der Waals surface area contributed by atoms with Gasteiger partial charge in [0.2, 0.25) is 6.04 Å². The Hall–Kier alpha value is -1.12. The average molecular weight is 183 g/mol. The smallest absolute Gasteiger partial charge is 0.213 e. The zero-order chi connectivity index (χ0) is 10.1. The molecule has 0 amide bonds. The van der Waals surface area contributed by atoms with Crippen LogP contribution in [0.1, 0.15) is 32.6 Å². The summed E-state index contributed by atoms with van der Waals surface area (Å²) in [4.78, 5) is 9.97. The Morgan fingerprint density at radius 3 is 2.69 bits per heavy atom. The molecule has 0 aromatic rings. The van der Waals surface area contributed by atoms with Crippen molar-refractivity contribution in [3.8, 4) is 0 Å². The lowest BCUT2D eigenvalue weighted by Gasteiger charge is -1.97. The first-order chi connectivity index (χ1) is 6.18. The number of hydrogen-bond donors (Lipinski definition) is 0. The summed E-state index contributed by atoms with van der Waals surface area (Å²) in [6, 6.07) is -0.462. The van der Waals surface area contributed by atoms with Crippen molar-refractivity contribution < 1.29 is 4.92 Å². The minimum absolute atomic E-state index is 0.256. The average Bonchev–Trinajstić information content (AvgIpc) is 2.10. The first kappa shape index (κ1) is 11.9. The van der Waals surface area contributed by atoms with Crippen molar-refractivity contribution in [3.05, 3.63) is 34.9 Å². The number of nitro groups is 1. The Labute approximate surface area is 79.3 Å². The van der Waals surface area contributed by atoms with Crippen molar-refractivity contribution in [2.45, 2.75) is 38.6 Å². The van der Waals surface area contributed by atoms with Crippen LogP contribution in [0.4, 0.5) is 0 Å². The predicted octanol–water partition coefficient (Wildman–Crippen LogP) is 2.95. The quantitative estimate of drug-likeness (QED) is 0.263. The summed E-state index contributed by atoms with van der Waals surface area (Å²) in [5.41, 5.74) is 0. The molecule has 0 rings (SSSR count). The van der Waals surface area contributed by atoms with Crippen LogP contribution in [0.3, 0.4) is 0 Å². The molecular formula is C10H17NO2. The Morgan fingerprint density at radius 2 is 2.15 bits per heavy atom. The van der Waals surface area contributed by atoms with E-state index in [-0.39, 0.29) is 4.92 Å². The Kier molecular flexibility index (Phi) is 6.88. The molecule has 0 aliphatic carbocycles. The lowest BCUT2D eigenvalue weighted by atomic mass is 10.2. The Balaban J connectivity index is 3.40. The predicted molar refractivity (Wildman–Crippen MR) is 54.3 cm³/mol. The molecule has 1 unspecified atom stereocenters. The van der Waals surface area contributed by atoms with Crippen LogP contribution in [-0.2, 0) is 0 Å². The van der Waals surface area contributed by atoms with Gasteiger partial charge in [-0.1, -0.05) is 18.2 Å². The van der Waals surface area contributed by atoms with Gasteiger partial charge in [0.05, 0.1) is 0 Å². The molecule has 74 valence electrons. The number of nitrogens with zero attached hydrogens (tertiary/aromatic N) is 1. The molecule has 1 atom stereocenters. The van der Waals surface area contributed by atoms with Crippen molar-refractivity contribution >= 4 is 0 Å². The fourth-order valence-corrected chi connectivity index (χ4v) is 0.877. The molecule has 0 N–H and O–H groups in total. The van der Waals surface area contributed by atoms with E-state index in [0.717, 1.165) is 19.3 Å². The second kappa shape index (κ2) is 7.53. The van der Waals surface area contributed by atoms with Gasteiger partial charge in [0, 0.05) is 18.3 Å². The number of hydrogen-bond acceptors (Lipinski definition) is 2. The van der Waals surface area contributed by atoms with Crippen molar-refractivity contribution in [1.29, 1.82) is 0 Å². The highest BCUT2D eigenvalue weighted by molar-refractivity contribution is 4.84. The number of rotatable bonds is 7. The van der Waals surface area contributed by atoms with Crippen molar-refractivity contribution in [2.24, 2.45) is 0 Å². The van der Waals surface area contributed by atoms with E-state index in [1.807, 2.05) is 18.2 Å². The molecule has 0 spiro atoms. The summed E-state index contributed by atoms with van der Waals surface area (Å²) in [5, 5.41) is 10.2. The summed E-state index contributed by atoms with van der Waals surface area (Å²) >= 11 is 0. The first-order valence-electron chi connectivity index (χ1n) is 4.58. The zero-order valence-corrected chi connectivity index (χ0v) is 8.11. The van der Waals surface area contributed by atoms with E-state index in [4.69, 9.17) is 0 Å². The Morgan fingerprint density at radius 1 is 1.46 bits per heavy atom. The second-order valence-electron chi connectivity index (χ2n) is 3.06. The molecule has 13 heavy (non-hydrogen) atoms. The van der Waals surface area contributed by atoms with Gasteiger partial charge in [-0.3, -0.25) is 10.1 Å². The molecule has 0 aromatic heterocycles. The van der Waals surface area contributed by atoms with E-state index in [1.54, 1.807) is 6.92 Å². The van der Waals surface area contributed by atoms with Gasteiger partial charge in [-0.15, -0.1) is 6.58 Å². The molecule has 0 bridgehead atoms. The molecule has 0 heterocycles. The maximum absolute atomic E-state index is 10.2. The zero-order valence-electron chi connectivity index (χ0n) is 8.11. The molecule has 0 radical (unpaired) electrons. The molecule has 0 aliphatic rings. The van der Waals surface area contributed by atoms with E-state index in [1.165, 1.54) is 0 Å². The number of unbranched alkanes of at least 4 members (excludes halogenated alkanes) is 2. The highest BCUT2D eigenvalue weighted by atomic mass is 16.6. The normalized spacial score (nSPS) is 13.0. The van der Waals surface area contributed by atoms with Gasteiger partial charge in [0.15, 0.2) is 0 Å². The number of allylic oxidation sites excluding steroid dienone is 2. The van der Waals surface area contributed by atoms with E-state index in [9.17, 15) is 10.1 Å². The summed E-state index contributed by atoms with van der Waals surface area (Å²) in [6.45, 7) is 5.24.